The molecule has 4 aromatic heterocycles. The molecule has 11 heteroatoms. The van der Waals surface area contributed by atoms with E-state index in [2.05, 4.69) is 25.7 Å². The summed E-state index contributed by atoms with van der Waals surface area (Å²) in [4.78, 5) is 33.1. The molecule has 0 saturated carbocycles. The summed E-state index contributed by atoms with van der Waals surface area (Å²) < 4.78 is 22.5. The predicted octanol–water partition coefficient (Wildman–Crippen LogP) is 3.14. The summed E-state index contributed by atoms with van der Waals surface area (Å²) in [7, 11) is 3.21. The fourth-order valence-corrected chi connectivity index (χ4v) is 2.95. The van der Waals surface area contributed by atoms with Crippen LogP contribution in [-0.2, 0) is 14.1 Å². The number of hydrogen-bond acceptors (Lipinski definition) is 7. The minimum Gasteiger partial charge on any atom is -0.456 e. The Bertz CT molecular complexity index is 1380. The molecule has 4 aromatic rings. The zero-order valence-corrected chi connectivity index (χ0v) is 18.0. The van der Waals surface area contributed by atoms with Crippen molar-refractivity contribution < 1.29 is 13.9 Å². The first-order chi connectivity index (χ1) is 15.8. The Kier molecular flexibility index (Phi) is 5.85. The van der Waals surface area contributed by atoms with Gasteiger partial charge < -0.3 is 19.9 Å². The van der Waals surface area contributed by atoms with Crippen LogP contribution in [0.2, 0.25) is 0 Å². The van der Waals surface area contributed by atoms with E-state index in [0.717, 1.165) is 16.5 Å². The molecule has 0 spiro atoms. The lowest BCUT2D eigenvalue weighted by atomic mass is 10.2. The standard InChI is InChI=1S/C22H20FN7O3/c1-13-17(23)11-16(22(32)29(13)2)21(31)28-18-5-4-15(12-25-18)33-14-6-8-24-19(10-14)27-20-7-9-26-30(20)3/h4-12H,1-3H3,(H,24,27)(H,25,28,31). The predicted molar refractivity (Wildman–Crippen MR) is 119 cm³/mol. The summed E-state index contributed by atoms with van der Waals surface area (Å²) in [5, 5.41) is 9.71. The van der Waals surface area contributed by atoms with Crippen LogP contribution in [0.15, 0.2) is 59.8 Å². The molecule has 0 fully saturated rings. The van der Waals surface area contributed by atoms with Crippen LogP contribution in [0, 0.1) is 12.7 Å². The summed E-state index contributed by atoms with van der Waals surface area (Å²) in [6, 6.07) is 9.25. The fraction of sp³-hybridized carbons (Fsp3) is 0.136. The average molecular weight is 449 g/mol. The van der Waals surface area contributed by atoms with Gasteiger partial charge in [-0.25, -0.2) is 14.4 Å². The smallest absolute Gasteiger partial charge is 0.263 e. The summed E-state index contributed by atoms with van der Waals surface area (Å²) in [5.41, 5.74) is -0.765. The van der Waals surface area contributed by atoms with Crippen molar-refractivity contribution >= 4 is 23.4 Å². The number of nitrogens with zero attached hydrogens (tertiary/aromatic N) is 5. The zero-order chi connectivity index (χ0) is 23.5. The Morgan fingerprint density at radius 2 is 1.85 bits per heavy atom. The van der Waals surface area contributed by atoms with E-state index in [1.54, 1.807) is 35.3 Å². The highest BCUT2D eigenvalue weighted by molar-refractivity contribution is 6.03. The third kappa shape index (κ3) is 4.71. The van der Waals surface area contributed by atoms with Crippen LogP contribution in [0.25, 0.3) is 0 Å². The van der Waals surface area contributed by atoms with Crippen LogP contribution < -0.4 is 20.9 Å². The van der Waals surface area contributed by atoms with Gasteiger partial charge in [0.1, 0.15) is 40.3 Å². The maximum Gasteiger partial charge on any atom is 0.263 e. The van der Waals surface area contributed by atoms with Gasteiger partial charge in [0.25, 0.3) is 11.5 Å². The monoisotopic (exact) mass is 449 g/mol. The molecule has 4 rings (SSSR count). The maximum atomic E-state index is 13.9. The summed E-state index contributed by atoms with van der Waals surface area (Å²) in [6.45, 7) is 1.46. The van der Waals surface area contributed by atoms with E-state index in [9.17, 15) is 14.0 Å². The molecule has 0 aliphatic carbocycles. The minimum absolute atomic E-state index is 0.144. The van der Waals surface area contributed by atoms with E-state index >= 15 is 0 Å². The largest absolute Gasteiger partial charge is 0.456 e. The van der Waals surface area contributed by atoms with Gasteiger partial charge in [-0.15, -0.1) is 0 Å². The number of halogens is 1. The van der Waals surface area contributed by atoms with Gasteiger partial charge in [0.2, 0.25) is 0 Å². The quantitative estimate of drug-likeness (QED) is 0.465. The van der Waals surface area contributed by atoms with E-state index in [1.807, 2.05) is 13.1 Å². The summed E-state index contributed by atoms with van der Waals surface area (Å²) >= 11 is 0. The number of carbonyl (C=O) groups is 1. The van der Waals surface area contributed by atoms with Gasteiger partial charge in [-0.1, -0.05) is 0 Å². The summed E-state index contributed by atoms with van der Waals surface area (Å²) in [6.07, 6.45) is 4.68. The molecule has 33 heavy (non-hydrogen) atoms. The van der Waals surface area contributed by atoms with Gasteiger partial charge in [-0.05, 0) is 31.2 Å². The number of rotatable bonds is 6. The molecule has 0 bridgehead atoms. The number of anilines is 3. The minimum atomic E-state index is -0.754. The number of aromatic nitrogens is 5. The third-order valence-electron chi connectivity index (χ3n) is 4.92. The number of carbonyl (C=O) groups excluding carboxylic acids is 1. The van der Waals surface area contributed by atoms with Gasteiger partial charge >= 0.3 is 0 Å². The Morgan fingerprint density at radius 3 is 2.55 bits per heavy atom. The third-order valence-corrected chi connectivity index (χ3v) is 4.92. The van der Waals surface area contributed by atoms with Crippen LogP contribution in [0.5, 0.6) is 11.5 Å². The van der Waals surface area contributed by atoms with E-state index in [-0.39, 0.29) is 17.1 Å². The van der Waals surface area contributed by atoms with Gasteiger partial charge in [0, 0.05) is 32.4 Å². The second-order valence-corrected chi connectivity index (χ2v) is 7.13. The fourth-order valence-electron chi connectivity index (χ4n) is 2.95. The van der Waals surface area contributed by atoms with Crippen molar-refractivity contribution in [3.05, 3.63) is 82.4 Å². The normalized spacial score (nSPS) is 10.7. The SMILES string of the molecule is Cc1c(F)cc(C(=O)Nc2ccc(Oc3ccnc(Nc4ccnn4C)c3)cn2)c(=O)n1C. The maximum absolute atomic E-state index is 13.9. The molecule has 0 radical (unpaired) electrons. The van der Waals surface area contributed by atoms with Gasteiger partial charge in [-0.3, -0.25) is 14.3 Å². The second-order valence-electron chi connectivity index (χ2n) is 7.13. The van der Waals surface area contributed by atoms with Gasteiger partial charge in [0.15, 0.2) is 0 Å². The van der Waals surface area contributed by atoms with Gasteiger partial charge in [0.05, 0.1) is 18.1 Å². The highest BCUT2D eigenvalue weighted by Crippen LogP contribution is 2.24. The average Bonchev–Trinajstić information content (AvgIpc) is 3.20. The van der Waals surface area contributed by atoms with Crippen LogP contribution in [0.3, 0.4) is 0 Å². The lowest BCUT2D eigenvalue weighted by Crippen LogP contribution is -2.29. The summed E-state index contributed by atoms with van der Waals surface area (Å²) in [5.74, 6) is 1.06. The van der Waals surface area contributed by atoms with Crippen molar-refractivity contribution in [2.45, 2.75) is 6.92 Å². The lowest BCUT2D eigenvalue weighted by Gasteiger charge is -2.10. The van der Waals surface area contributed by atoms with Gasteiger partial charge in [-0.2, -0.15) is 5.10 Å². The Labute approximate surface area is 187 Å². The zero-order valence-electron chi connectivity index (χ0n) is 18.0. The molecule has 4 heterocycles. The number of pyridine rings is 3. The molecular formula is C22H20FN7O3. The number of ether oxygens (including phenoxy) is 1. The topological polar surface area (TPSA) is 116 Å². The van der Waals surface area contributed by atoms with Crippen molar-refractivity contribution in [3.8, 4) is 11.5 Å². The van der Waals surface area contributed by atoms with E-state index in [1.165, 1.54) is 26.2 Å². The first-order valence-corrected chi connectivity index (χ1v) is 9.84. The van der Waals surface area contributed by atoms with Crippen molar-refractivity contribution in [1.29, 1.82) is 0 Å². The Hall–Kier alpha value is -4.54. The molecule has 0 aliphatic heterocycles. The highest BCUT2D eigenvalue weighted by Gasteiger charge is 2.16. The number of hydrogen-bond donors (Lipinski definition) is 2. The molecular weight excluding hydrogens is 429 g/mol. The van der Waals surface area contributed by atoms with E-state index in [4.69, 9.17) is 4.74 Å². The van der Waals surface area contributed by atoms with Crippen molar-refractivity contribution in [2.24, 2.45) is 14.1 Å². The van der Waals surface area contributed by atoms with Crippen molar-refractivity contribution in [3.63, 3.8) is 0 Å². The molecule has 1 amide bonds. The van der Waals surface area contributed by atoms with Crippen LogP contribution in [0.1, 0.15) is 16.1 Å². The molecule has 0 atom stereocenters. The highest BCUT2D eigenvalue weighted by atomic mass is 19.1. The number of nitrogens with one attached hydrogen (secondary N) is 2. The first-order valence-electron chi connectivity index (χ1n) is 9.84. The molecule has 0 unspecified atom stereocenters. The van der Waals surface area contributed by atoms with Crippen molar-refractivity contribution in [1.82, 2.24) is 24.3 Å². The Morgan fingerprint density at radius 1 is 1.03 bits per heavy atom. The molecule has 10 nitrogen and oxygen atoms in total. The number of amides is 1. The first kappa shape index (κ1) is 21.7. The molecule has 0 aliphatic rings. The van der Waals surface area contributed by atoms with Crippen LogP contribution in [-0.4, -0.2) is 30.2 Å². The Balaban J connectivity index is 1.44. The second kappa shape index (κ2) is 8.91. The molecule has 0 saturated heterocycles. The van der Waals surface area contributed by atoms with Crippen LogP contribution >= 0.6 is 0 Å². The van der Waals surface area contributed by atoms with E-state index in [0.29, 0.717) is 17.3 Å². The molecule has 2 N–H and O–H groups in total. The van der Waals surface area contributed by atoms with Crippen molar-refractivity contribution in [2.75, 3.05) is 10.6 Å². The van der Waals surface area contributed by atoms with E-state index < -0.39 is 17.3 Å². The van der Waals surface area contributed by atoms with Crippen LogP contribution in [0.4, 0.5) is 21.8 Å². The lowest BCUT2D eigenvalue weighted by molar-refractivity contribution is 0.102. The molecule has 0 aromatic carbocycles. The number of aryl methyl sites for hydroxylation is 1. The molecule has 168 valence electrons.